The Kier molecular flexibility index (Phi) is 3.62. The molecule has 1 saturated heterocycles. The molecule has 2 nitrogen and oxygen atoms in total. The van der Waals surface area contributed by atoms with Crippen LogP contribution >= 0.6 is 0 Å². The van der Waals surface area contributed by atoms with Gasteiger partial charge in [-0.1, -0.05) is 12.1 Å². The van der Waals surface area contributed by atoms with Gasteiger partial charge in [0.15, 0.2) is 0 Å². The molecular weight excluding hydrogens is 227 g/mol. The maximum absolute atomic E-state index is 12.8. The quantitative estimate of drug-likeness (QED) is 0.877. The third kappa shape index (κ3) is 3.09. The Hall–Kier alpha value is -0.930. The van der Waals surface area contributed by atoms with Crippen LogP contribution in [-0.2, 0) is 6.42 Å². The molecule has 0 aromatic heterocycles. The van der Waals surface area contributed by atoms with E-state index in [-0.39, 0.29) is 5.82 Å². The van der Waals surface area contributed by atoms with Crippen LogP contribution < -0.4 is 5.32 Å². The Morgan fingerprint density at radius 3 is 2.72 bits per heavy atom. The first-order valence-corrected chi connectivity index (χ1v) is 7.01. The van der Waals surface area contributed by atoms with Crippen molar-refractivity contribution in [3.63, 3.8) is 0 Å². The van der Waals surface area contributed by atoms with Gasteiger partial charge in [0, 0.05) is 32.2 Å². The molecule has 18 heavy (non-hydrogen) atoms. The van der Waals surface area contributed by atoms with Crippen LogP contribution in [0.2, 0.25) is 0 Å². The normalized spacial score (nSPS) is 25.3. The van der Waals surface area contributed by atoms with Gasteiger partial charge in [0.2, 0.25) is 0 Å². The van der Waals surface area contributed by atoms with Crippen LogP contribution in [0.1, 0.15) is 18.4 Å². The summed E-state index contributed by atoms with van der Waals surface area (Å²) < 4.78 is 12.8. The molecule has 3 heteroatoms. The van der Waals surface area contributed by atoms with Crippen molar-refractivity contribution < 1.29 is 4.39 Å². The van der Waals surface area contributed by atoms with Gasteiger partial charge in [0.1, 0.15) is 5.82 Å². The Morgan fingerprint density at radius 1 is 1.22 bits per heavy atom. The molecule has 0 spiro atoms. The first kappa shape index (κ1) is 12.1. The predicted octanol–water partition coefficient (Wildman–Crippen LogP) is 2.05. The van der Waals surface area contributed by atoms with Gasteiger partial charge < -0.3 is 10.2 Å². The van der Waals surface area contributed by atoms with Crippen LogP contribution in [-0.4, -0.2) is 37.1 Å². The molecule has 1 heterocycles. The highest BCUT2D eigenvalue weighted by Crippen LogP contribution is 2.33. The fourth-order valence-electron chi connectivity index (χ4n) is 2.80. The van der Waals surface area contributed by atoms with Gasteiger partial charge in [0.25, 0.3) is 0 Å². The second-order valence-electron chi connectivity index (χ2n) is 5.58. The monoisotopic (exact) mass is 248 g/mol. The summed E-state index contributed by atoms with van der Waals surface area (Å²) >= 11 is 0. The van der Waals surface area contributed by atoms with Crippen LogP contribution in [0.15, 0.2) is 24.3 Å². The molecule has 2 aliphatic rings. The van der Waals surface area contributed by atoms with Crippen molar-refractivity contribution in [2.24, 2.45) is 5.92 Å². The number of hydrogen-bond acceptors (Lipinski definition) is 2. The summed E-state index contributed by atoms with van der Waals surface area (Å²) in [5.41, 5.74) is 1.23. The lowest BCUT2D eigenvalue weighted by Crippen LogP contribution is -2.52. The summed E-state index contributed by atoms with van der Waals surface area (Å²) in [5.74, 6) is 0.786. The minimum Gasteiger partial charge on any atom is -0.311 e. The SMILES string of the molecule is Fc1ccc(CCN2CCNC(C3CC3)C2)cc1. The molecule has 1 saturated carbocycles. The highest BCUT2D eigenvalue weighted by molar-refractivity contribution is 5.16. The van der Waals surface area contributed by atoms with Crippen molar-refractivity contribution >= 4 is 0 Å². The van der Waals surface area contributed by atoms with Gasteiger partial charge >= 0.3 is 0 Å². The van der Waals surface area contributed by atoms with E-state index in [2.05, 4.69) is 10.2 Å². The third-order valence-electron chi connectivity index (χ3n) is 4.11. The second-order valence-corrected chi connectivity index (χ2v) is 5.58. The first-order valence-electron chi connectivity index (χ1n) is 7.01. The fourth-order valence-corrected chi connectivity index (χ4v) is 2.80. The van der Waals surface area contributed by atoms with Crippen molar-refractivity contribution in [1.82, 2.24) is 10.2 Å². The van der Waals surface area contributed by atoms with Crippen LogP contribution in [0.4, 0.5) is 4.39 Å². The molecule has 1 N–H and O–H groups in total. The smallest absolute Gasteiger partial charge is 0.123 e. The Balaban J connectivity index is 1.48. The van der Waals surface area contributed by atoms with E-state index in [1.807, 2.05) is 12.1 Å². The number of benzene rings is 1. The van der Waals surface area contributed by atoms with Crippen LogP contribution in [0.3, 0.4) is 0 Å². The summed E-state index contributed by atoms with van der Waals surface area (Å²) in [7, 11) is 0. The van der Waals surface area contributed by atoms with E-state index in [1.165, 1.54) is 24.9 Å². The predicted molar refractivity (Wildman–Crippen MR) is 71.1 cm³/mol. The summed E-state index contributed by atoms with van der Waals surface area (Å²) in [6.07, 6.45) is 3.84. The number of piperazine rings is 1. The minimum absolute atomic E-state index is 0.144. The average Bonchev–Trinajstić information content (AvgIpc) is 3.23. The van der Waals surface area contributed by atoms with E-state index in [0.29, 0.717) is 6.04 Å². The zero-order valence-electron chi connectivity index (χ0n) is 10.7. The Morgan fingerprint density at radius 2 is 2.00 bits per heavy atom. The lowest BCUT2D eigenvalue weighted by Gasteiger charge is -2.33. The molecule has 1 aliphatic carbocycles. The highest BCUT2D eigenvalue weighted by atomic mass is 19.1. The highest BCUT2D eigenvalue weighted by Gasteiger charge is 2.33. The van der Waals surface area contributed by atoms with E-state index in [0.717, 1.165) is 32.0 Å². The van der Waals surface area contributed by atoms with E-state index in [9.17, 15) is 4.39 Å². The van der Waals surface area contributed by atoms with E-state index >= 15 is 0 Å². The van der Waals surface area contributed by atoms with Crippen molar-refractivity contribution in [2.75, 3.05) is 26.2 Å². The second kappa shape index (κ2) is 5.37. The maximum atomic E-state index is 12.8. The summed E-state index contributed by atoms with van der Waals surface area (Å²) in [6, 6.07) is 7.62. The summed E-state index contributed by atoms with van der Waals surface area (Å²) in [5, 5.41) is 3.63. The van der Waals surface area contributed by atoms with Crippen molar-refractivity contribution in [3.05, 3.63) is 35.6 Å². The van der Waals surface area contributed by atoms with E-state index in [4.69, 9.17) is 0 Å². The third-order valence-corrected chi connectivity index (χ3v) is 4.11. The largest absolute Gasteiger partial charge is 0.311 e. The van der Waals surface area contributed by atoms with Gasteiger partial charge in [-0.05, 0) is 42.9 Å². The number of nitrogens with zero attached hydrogens (tertiary/aromatic N) is 1. The zero-order chi connectivity index (χ0) is 12.4. The van der Waals surface area contributed by atoms with Crippen LogP contribution in [0.5, 0.6) is 0 Å². The number of nitrogens with one attached hydrogen (secondary N) is 1. The van der Waals surface area contributed by atoms with Crippen molar-refractivity contribution in [2.45, 2.75) is 25.3 Å². The standard InChI is InChI=1S/C15H21FN2/c16-14-5-1-12(2-6-14)7-9-18-10-8-17-15(11-18)13-3-4-13/h1-2,5-6,13,15,17H,3-4,7-11H2. The Bertz CT molecular complexity index is 386. The van der Waals surface area contributed by atoms with Gasteiger partial charge in [-0.2, -0.15) is 0 Å². The van der Waals surface area contributed by atoms with Gasteiger partial charge in [0.05, 0.1) is 0 Å². The van der Waals surface area contributed by atoms with Crippen LogP contribution in [0.25, 0.3) is 0 Å². The zero-order valence-corrected chi connectivity index (χ0v) is 10.7. The van der Waals surface area contributed by atoms with Crippen molar-refractivity contribution in [1.29, 1.82) is 0 Å². The molecule has 0 radical (unpaired) electrons. The van der Waals surface area contributed by atoms with Gasteiger partial charge in [-0.3, -0.25) is 0 Å². The topological polar surface area (TPSA) is 15.3 Å². The molecule has 2 fully saturated rings. The molecule has 1 aliphatic heterocycles. The number of rotatable bonds is 4. The minimum atomic E-state index is -0.144. The van der Waals surface area contributed by atoms with Gasteiger partial charge in [-0.25, -0.2) is 4.39 Å². The molecule has 1 aromatic rings. The summed E-state index contributed by atoms with van der Waals surface area (Å²) in [4.78, 5) is 2.54. The molecule has 0 amide bonds. The molecule has 98 valence electrons. The molecule has 1 aromatic carbocycles. The lowest BCUT2D eigenvalue weighted by molar-refractivity contribution is 0.190. The van der Waals surface area contributed by atoms with Gasteiger partial charge in [-0.15, -0.1) is 0 Å². The van der Waals surface area contributed by atoms with E-state index in [1.54, 1.807) is 12.1 Å². The molecule has 1 atom stereocenters. The summed E-state index contributed by atoms with van der Waals surface area (Å²) in [6.45, 7) is 4.54. The molecule has 3 rings (SSSR count). The molecule has 0 bridgehead atoms. The van der Waals surface area contributed by atoms with E-state index < -0.39 is 0 Å². The maximum Gasteiger partial charge on any atom is 0.123 e. The molecular formula is C15H21FN2. The van der Waals surface area contributed by atoms with Crippen molar-refractivity contribution in [3.8, 4) is 0 Å². The lowest BCUT2D eigenvalue weighted by atomic mass is 10.1. The number of hydrogen-bond donors (Lipinski definition) is 1. The fraction of sp³-hybridized carbons (Fsp3) is 0.600. The first-order chi connectivity index (χ1) is 8.81. The Labute approximate surface area is 108 Å². The van der Waals surface area contributed by atoms with Crippen LogP contribution in [0, 0.1) is 11.7 Å². The average molecular weight is 248 g/mol. The number of halogens is 1. The molecule has 1 unspecified atom stereocenters.